The molecule has 1 atom stereocenters. The van der Waals surface area contributed by atoms with Crippen molar-refractivity contribution in [3.8, 4) is 0 Å². The molecule has 0 bridgehead atoms. The maximum Gasteiger partial charge on any atom is 0.306 e. The third-order valence-corrected chi connectivity index (χ3v) is 11.1. The molecule has 0 aliphatic heterocycles. The Hall–Kier alpha value is -3.67. The van der Waals surface area contributed by atoms with E-state index in [-0.39, 0.29) is 37.5 Å². The third-order valence-electron chi connectivity index (χ3n) is 11.1. The van der Waals surface area contributed by atoms with E-state index < -0.39 is 6.10 Å². The lowest BCUT2D eigenvalue weighted by Crippen LogP contribution is -2.30. The van der Waals surface area contributed by atoms with Crippen LogP contribution in [-0.4, -0.2) is 37.2 Å². The summed E-state index contributed by atoms with van der Waals surface area (Å²) in [5.41, 5.74) is 0. The van der Waals surface area contributed by atoms with Crippen LogP contribution in [0.3, 0.4) is 0 Å². The maximum absolute atomic E-state index is 12.8. The molecule has 0 aromatic rings. The number of ether oxygens (including phenoxy) is 3. The Labute approximate surface area is 400 Å². The van der Waals surface area contributed by atoms with Gasteiger partial charge in [0, 0.05) is 19.3 Å². The van der Waals surface area contributed by atoms with E-state index in [4.69, 9.17) is 14.2 Å². The summed E-state index contributed by atoms with van der Waals surface area (Å²) in [6, 6.07) is 0. The molecular formula is C59H98O6. The van der Waals surface area contributed by atoms with E-state index in [2.05, 4.69) is 112 Å². The van der Waals surface area contributed by atoms with Crippen LogP contribution in [0.15, 0.2) is 97.2 Å². The molecule has 0 radical (unpaired) electrons. The number of carbonyl (C=O) groups excluding carboxylic acids is 3. The van der Waals surface area contributed by atoms with Crippen LogP contribution >= 0.6 is 0 Å². The number of unbranched alkanes of at least 4 members (excludes halogenated alkanes) is 20. The van der Waals surface area contributed by atoms with E-state index in [0.717, 1.165) is 89.9 Å². The zero-order chi connectivity index (χ0) is 47.2. The van der Waals surface area contributed by atoms with Gasteiger partial charge in [-0.25, -0.2) is 0 Å². The maximum atomic E-state index is 12.8. The molecule has 370 valence electrons. The van der Waals surface area contributed by atoms with Crippen LogP contribution in [0, 0.1) is 0 Å². The summed E-state index contributed by atoms with van der Waals surface area (Å²) in [6.07, 6.45) is 69.8. The summed E-state index contributed by atoms with van der Waals surface area (Å²) < 4.78 is 16.7. The van der Waals surface area contributed by atoms with Crippen molar-refractivity contribution in [2.45, 2.75) is 245 Å². The van der Waals surface area contributed by atoms with Gasteiger partial charge in [-0.15, -0.1) is 0 Å². The highest BCUT2D eigenvalue weighted by molar-refractivity contribution is 5.71. The van der Waals surface area contributed by atoms with Crippen molar-refractivity contribution in [1.29, 1.82) is 0 Å². The Morgan fingerprint density at radius 1 is 0.323 bits per heavy atom. The fraction of sp³-hybridized carbons (Fsp3) is 0.678. The van der Waals surface area contributed by atoms with Gasteiger partial charge in [0.05, 0.1) is 0 Å². The number of rotatable bonds is 47. The molecule has 0 aromatic carbocycles. The Morgan fingerprint density at radius 3 is 1.08 bits per heavy atom. The van der Waals surface area contributed by atoms with Gasteiger partial charge >= 0.3 is 17.9 Å². The fourth-order valence-corrected chi connectivity index (χ4v) is 7.03. The lowest BCUT2D eigenvalue weighted by molar-refractivity contribution is -0.166. The minimum absolute atomic E-state index is 0.108. The zero-order valence-corrected chi connectivity index (χ0v) is 42.2. The lowest BCUT2D eigenvalue weighted by Gasteiger charge is -2.18. The highest BCUT2D eigenvalue weighted by Crippen LogP contribution is 2.14. The monoisotopic (exact) mass is 903 g/mol. The van der Waals surface area contributed by atoms with Crippen LogP contribution in [0.25, 0.3) is 0 Å². The number of esters is 3. The molecule has 65 heavy (non-hydrogen) atoms. The summed E-state index contributed by atoms with van der Waals surface area (Å²) in [4.78, 5) is 38.0. The van der Waals surface area contributed by atoms with Crippen LogP contribution in [0.2, 0.25) is 0 Å². The summed E-state index contributed by atoms with van der Waals surface area (Å²) in [5.74, 6) is -1.01. The van der Waals surface area contributed by atoms with Gasteiger partial charge in [0.15, 0.2) is 6.10 Å². The summed E-state index contributed by atoms with van der Waals surface area (Å²) in [7, 11) is 0. The van der Waals surface area contributed by atoms with Crippen molar-refractivity contribution in [1.82, 2.24) is 0 Å². The summed E-state index contributed by atoms with van der Waals surface area (Å²) in [5, 5.41) is 0. The molecule has 0 fully saturated rings. The molecule has 0 spiro atoms. The van der Waals surface area contributed by atoms with Crippen LogP contribution in [0.5, 0.6) is 0 Å². The van der Waals surface area contributed by atoms with Crippen molar-refractivity contribution in [3.63, 3.8) is 0 Å². The first-order valence-electron chi connectivity index (χ1n) is 26.7. The largest absolute Gasteiger partial charge is 0.462 e. The Balaban J connectivity index is 4.49. The molecular weight excluding hydrogens is 805 g/mol. The van der Waals surface area contributed by atoms with Crippen molar-refractivity contribution >= 4 is 17.9 Å². The second kappa shape index (κ2) is 52.9. The Morgan fingerprint density at radius 2 is 0.646 bits per heavy atom. The first-order valence-corrected chi connectivity index (χ1v) is 26.7. The lowest BCUT2D eigenvalue weighted by atomic mass is 10.1. The van der Waals surface area contributed by atoms with Crippen molar-refractivity contribution in [2.75, 3.05) is 13.2 Å². The molecule has 6 nitrogen and oxygen atoms in total. The highest BCUT2D eigenvalue weighted by atomic mass is 16.6. The third kappa shape index (κ3) is 51.2. The summed E-state index contributed by atoms with van der Waals surface area (Å²) in [6.45, 7) is 6.40. The standard InChI is InChI=1S/C59H98O6/c1-4-7-10-13-16-19-22-24-26-28-29-31-32-34-37-40-43-46-49-52-58(61)64-55-56(54-63-57(60)51-48-45-42-39-36-21-18-15-12-9-6-3)65-59(62)53-50-47-44-41-38-35-33-30-27-25-23-20-17-14-11-8-5-2/h7,10,15-16,18-19,24-27,29,31,34,37,43,46,56H,4-6,8-9,11-14,17,20-23,28,30,32-33,35-36,38-42,44-45,47-55H2,1-3H3/b10-7-,18-15-,19-16-,26-24-,27-25-,31-29-,37-34-,46-43-/t56-/m0/s1. The van der Waals surface area contributed by atoms with E-state index in [1.807, 2.05) is 6.08 Å². The molecule has 0 rings (SSSR count). The fourth-order valence-electron chi connectivity index (χ4n) is 7.03. The molecule has 0 saturated carbocycles. The van der Waals surface area contributed by atoms with Gasteiger partial charge < -0.3 is 14.2 Å². The van der Waals surface area contributed by atoms with E-state index in [1.54, 1.807) is 0 Å². The predicted octanol–water partition coefficient (Wildman–Crippen LogP) is 17.8. The number of hydrogen-bond donors (Lipinski definition) is 0. The molecule has 0 aliphatic carbocycles. The smallest absolute Gasteiger partial charge is 0.306 e. The second-order valence-electron chi connectivity index (χ2n) is 17.4. The Kier molecular flexibility index (Phi) is 50.0. The van der Waals surface area contributed by atoms with Crippen molar-refractivity contribution in [3.05, 3.63) is 97.2 Å². The molecule has 0 heterocycles. The molecule has 0 aromatic heterocycles. The van der Waals surface area contributed by atoms with Crippen molar-refractivity contribution in [2.24, 2.45) is 0 Å². The van der Waals surface area contributed by atoms with Gasteiger partial charge in [0.2, 0.25) is 0 Å². The van der Waals surface area contributed by atoms with Crippen LogP contribution in [-0.2, 0) is 28.6 Å². The Bertz CT molecular complexity index is 1310. The van der Waals surface area contributed by atoms with E-state index in [0.29, 0.717) is 19.3 Å². The van der Waals surface area contributed by atoms with E-state index in [9.17, 15) is 14.4 Å². The zero-order valence-electron chi connectivity index (χ0n) is 42.2. The average molecular weight is 903 g/mol. The SMILES string of the molecule is CC/C=C\C/C=C\C/C=C\C/C=C\C/C=C\C/C=C\CCC(=O)OC[C@H](COC(=O)CCCCCCC/C=C\CCCC)OC(=O)CCCCCCCCC/C=C\CCCCCCCC. The highest BCUT2D eigenvalue weighted by Gasteiger charge is 2.19. The summed E-state index contributed by atoms with van der Waals surface area (Å²) >= 11 is 0. The number of allylic oxidation sites excluding steroid dienone is 16. The minimum Gasteiger partial charge on any atom is -0.462 e. The molecule has 0 aliphatic rings. The van der Waals surface area contributed by atoms with Gasteiger partial charge in [0.25, 0.3) is 0 Å². The average Bonchev–Trinajstić information content (AvgIpc) is 3.30. The van der Waals surface area contributed by atoms with Gasteiger partial charge in [-0.1, -0.05) is 214 Å². The van der Waals surface area contributed by atoms with E-state index >= 15 is 0 Å². The molecule has 0 N–H and O–H groups in total. The normalized spacial score (nSPS) is 12.8. The first kappa shape index (κ1) is 61.3. The van der Waals surface area contributed by atoms with Crippen LogP contribution in [0.1, 0.15) is 239 Å². The topological polar surface area (TPSA) is 78.9 Å². The molecule has 0 unspecified atom stereocenters. The van der Waals surface area contributed by atoms with Gasteiger partial charge in [-0.3, -0.25) is 14.4 Å². The van der Waals surface area contributed by atoms with Crippen LogP contribution < -0.4 is 0 Å². The number of carbonyl (C=O) groups is 3. The quantitative estimate of drug-likeness (QED) is 0.0262. The molecule has 0 amide bonds. The minimum atomic E-state index is -0.813. The van der Waals surface area contributed by atoms with Gasteiger partial charge in [-0.05, 0) is 103 Å². The molecule has 6 heteroatoms. The number of hydrogen-bond acceptors (Lipinski definition) is 6. The van der Waals surface area contributed by atoms with Crippen molar-refractivity contribution < 1.29 is 28.6 Å². The van der Waals surface area contributed by atoms with E-state index in [1.165, 1.54) is 103 Å². The predicted molar refractivity (Wildman–Crippen MR) is 279 cm³/mol. The second-order valence-corrected chi connectivity index (χ2v) is 17.4. The van der Waals surface area contributed by atoms with Gasteiger partial charge in [-0.2, -0.15) is 0 Å². The van der Waals surface area contributed by atoms with Gasteiger partial charge in [0.1, 0.15) is 13.2 Å². The molecule has 0 saturated heterocycles. The first-order chi connectivity index (χ1) is 32.0. The van der Waals surface area contributed by atoms with Crippen LogP contribution in [0.4, 0.5) is 0 Å².